The molecule has 0 bridgehead atoms. The normalized spacial score (nSPS) is 14.4. The Kier molecular flexibility index (Phi) is 5.22. The molecule has 0 atom stereocenters. The predicted octanol–water partition coefficient (Wildman–Crippen LogP) is 4.70. The number of hydrogen-bond acceptors (Lipinski definition) is 5. The van der Waals surface area contributed by atoms with Gasteiger partial charge in [0, 0.05) is 0 Å². The second kappa shape index (κ2) is 8.13. The third-order valence-corrected chi connectivity index (χ3v) is 4.41. The molecule has 0 amide bonds. The van der Waals surface area contributed by atoms with Gasteiger partial charge in [0.1, 0.15) is 11.6 Å². The second-order valence-corrected chi connectivity index (χ2v) is 6.64. The van der Waals surface area contributed by atoms with Crippen LogP contribution >= 0.6 is 0 Å². The number of carbonyl (C=O) groups is 2. The molecule has 3 aromatic rings. The van der Waals surface area contributed by atoms with Crippen molar-refractivity contribution in [3.8, 4) is 5.75 Å². The maximum absolute atomic E-state index is 13.9. The molecular weight excluding hydrogens is 385 g/mol. The zero-order valence-corrected chi connectivity index (χ0v) is 16.0. The highest BCUT2D eigenvalue weighted by atomic mass is 19.1. The van der Waals surface area contributed by atoms with Crippen molar-refractivity contribution < 1.29 is 23.5 Å². The van der Waals surface area contributed by atoms with E-state index in [2.05, 4.69) is 4.99 Å². The fourth-order valence-corrected chi connectivity index (χ4v) is 2.80. The summed E-state index contributed by atoms with van der Waals surface area (Å²) < 4.78 is 24.3. The van der Waals surface area contributed by atoms with Gasteiger partial charge < -0.3 is 9.47 Å². The van der Waals surface area contributed by atoms with E-state index in [4.69, 9.17) is 9.47 Å². The fraction of sp³-hybridized carbons (Fsp3) is 0.0417. The predicted molar refractivity (Wildman–Crippen MR) is 110 cm³/mol. The average molecular weight is 401 g/mol. The first kappa shape index (κ1) is 19.3. The summed E-state index contributed by atoms with van der Waals surface area (Å²) in [6.07, 6.45) is 1.52. The molecule has 6 heteroatoms. The Morgan fingerprint density at radius 2 is 1.70 bits per heavy atom. The zero-order chi connectivity index (χ0) is 21.1. The van der Waals surface area contributed by atoms with E-state index in [1.807, 2.05) is 19.1 Å². The number of aliphatic imine (C=N–C) groups is 1. The first-order valence-corrected chi connectivity index (χ1v) is 9.16. The number of ether oxygens (including phenoxy) is 2. The lowest BCUT2D eigenvalue weighted by molar-refractivity contribution is -0.129. The quantitative estimate of drug-likeness (QED) is 0.361. The van der Waals surface area contributed by atoms with Crippen LogP contribution in [-0.2, 0) is 9.53 Å². The molecule has 0 N–H and O–H groups in total. The Labute approximate surface area is 172 Å². The van der Waals surface area contributed by atoms with Crippen LogP contribution in [0.25, 0.3) is 6.08 Å². The highest BCUT2D eigenvalue weighted by Crippen LogP contribution is 2.22. The van der Waals surface area contributed by atoms with Crippen molar-refractivity contribution in [1.29, 1.82) is 0 Å². The molecule has 0 unspecified atom stereocenters. The van der Waals surface area contributed by atoms with E-state index in [0.29, 0.717) is 16.9 Å². The molecule has 0 aliphatic carbocycles. The Balaban J connectivity index is 1.49. The molecule has 1 aliphatic heterocycles. The van der Waals surface area contributed by atoms with Crippen molar-refractivity contribution in [2.45, 2.75) is 6.92 Å². The number of nitrogens with zero attached hydrogens (tertiary/aromatic N) is 1. The van der Waals surface area contributed by atoms with Crippen molar-refractivity contribution in [3.05, 3.63) is 107 Å². The lowest BCUT2D eigenvalue weighted by Crippen LogP contribution is -2.08. The summed E-state index contributed by atoms with van der Waals surface area (Å²) in [6.45, 7) is 1.94. The standard InChI is InChI=1S/C24H16FNO4/c1-15-6-10-17(11-7-15)23(27)29-18-12-8-16(9-13-18)14-21-24(28)30-22(26-21)19-4-2-3-5-20(19)25/h2-14H,1H3/b21-14-. The number of cyclic esters (lactones) is 1. The van der Waals surface area contributed by atoms with Crippen molar-refractivity contribution in [3.63, 3.8) is 0 Å². The number of rotatable bonds is 4. The minimum absolute atomic E-state index is 0.0534. The minimum Gasteiger partial charge on any atom is -0.423 e. The van der Waals surface area contributed by atoms with E-state index >= 15 is 0 Å². The zero-order valence-electron chi connectivity index (χ0n) is 16.0. The van der Waals surface area contributed by atoms with Gasteiger partial charge in [-0.3, -0.25) is 0 Å². The molecule has 1 aliphatic rings. The van der Waals surface area contributed by atoms with Crippen LogP contribution in [0.5, 0.6) is 5.75 Å². The van der Waals surface area contributed by atoms with Gasteiger partial charge >= 0.3 is 11.9 Å². The number of carbonyl (C=O) groups excluding carboxylic acids is 2. The van der Waals surface area contributed by atoms with Crippen LogP contribution < -0.4 is 4.74 Å². The van der Waals surface area contributed by atoms with Crippen molar-refractivity contribution in [2.75, 3.05) is 0 Å². The first-order chi connectivity index (χ1) is 14.5. The second-order valence-electron chi connectivity index (χ2n) is 6.64. The van der Waals surface area contributed by atoms with Gasteiger partial charge in [0.2, 0.25) is 5.90 Å². The number of benzene rings is 3. The molecule has 4 rings (SSSR count). The van der Waals surface area contributed by atoms with Gasteiger partial charge in [0.15, 0.2) is 5.70 Å². The Bertz CT molecular complexity index is 1180. The first-order valence-electron chi connectivity index (χ1n) is 9.16. The van der Waals surface area contributed by atoms with E-state index in [-0.39, 0.29) is 17.2 Å². The van der Waals surface area contributed by atoms with Crippen molar-refractivity contribution >= 4 is 23.9 Å². The Morgan fingerprint density at radius 1 is 1.00 bits per heavy atom. The summed E-state index contributed by atoms with van der Waals surface area (Å²) in [6, 6.07) is 19.6. The van der Waals surface area contributed by atoms with E-state index in [0.717, 1.165) is 5.56 Å². The molecule has 3 aromatic carbocycles. The van der Waals surface area contributed by atoms with Crippen LogP contribution in [0.4, 0.5) is 4.39 Å². The lowest BCUT2D eigenvalue weighted by Gasteiger charge is -2.05. The summed E-state index contributed by atoms with van der Waals surface area (Å²) in [5.41, 5.74) is 2.33. The van der Waals surface area contributed by atoms with E-state index < -0.39 is 17.8 Å². The number of esters is 2. The van der Waals surface area contributed by atoms with Crippen LogP contribution in [-0.4, -0.2) is 17.8 Å². The van der Waals surface area contributed by atoms with Crippen LogP contribution in [0, 0.1) is 12.7 Å². The molecule has 0 saturated heterocycles. The van der Waals surface area contributed by atoms with E-state index in [9.17, 15) is 14.0 Å². The molecular formula is C24H16FNO4. The van der Waals surface area contributed by atoms with E-state index in [1.54, 1.807) is 48.5 Å². The van der Waals surface area contributed by atoms with Gasteiger partial charge in [-0.2, -0.15) is 0 Å². The molecule has 0 spiro atoms. The molecule has 1 heterocycles. The van der Waals surface area contributed by atoms with Crippen LogP contribution in [0.15, 0.2) is 83.5 Å². The highest BCUT2D eigenvalue weighted by molar-refractivity contribution is 6.12. The Hall–Kier alpha value is -4.06. The van der Waals surface area contributed by atoms with Gasteiger partial charge in [0.05, 0.1) is 11.1 Å². The van der Waals surface area contributed by atoms with Crippen LogP contribution in [0.3, 0.4) is 0 Å². The van der Waals surface area contributed by atoms with Gasteiger partial charge in [0.25, 0.3) is 0 Å². The van der Waals surface area contributed by atoms with E-state index in [1.165, 1.54) is 18.2 Å². The third kappa shape index (κ3) is 4.17. The average Bonchev–Trinajstić information content (AvgIpc) is 3.10. The molecule has 0 aromatic heterocycles. The summed E-state index contributed by atoms with van der Waals surface area (Å²) in [4.78, 5) is 28.4. The van der Waals surface area contributed by atoms with Gasteiger partial charge in [-0.15, -0.1) is 0 Å². The maximum atomic E-state index is 13.9. The van der Waals surface area contributed by atoms with Crippen LogP contribution in [0.2, 0.25) is 0 Å². The number of hydrogen-bond donors (Lipinski definition) is 0. The smallest absolute Gasteiger partial charge is 0.363 e. The summed E-state index contributed by atoms with van der Waals surface area (Å²) in [5, 5.41) is 0. The number of halogens is 1. The maximum Gasteiger partial charge on any atom is 0.363 e. The highest BCUT2D eigenvalue weighted by Gasteiger charge is 2.25. The summed E-state index contributed by atoms with van der Waals surface area (Å²) >= 11 is 0. The molecule has 0 saturated carbocycles. The van der Waals surface area contributed by atoms with Gasteiger partial charge in [-0.1, -0.05) is 42.0 Å². The summed E-state index contributed by atoms with van der Waals surface area (Å²) in [5.74, 6) is -1.35. The lowest BCUT2D eigenvalue weighted by atomic mass is 10.1. The van der Waals surface area contributed by atoms with Crippen LogP contribution in [0.1, 0.15) is 27.0 Å². The topological polar surface area (TPSA) is 65.0 Å². The summed E-state index contributed by atoms with van der Waals surface area (Å²) in [7, 11) is 0. The molecule has 0 fully saturated rings. The molecule has 30 heavy (non-hydrogen) atoms. The fourth-order valence-electron chi connectivity index (χ4n) is 2.80. The van der Waals surface area contributed by atoms with Gasteiger partial charge in [-0.25, -0.2) is 19.0 Å². The minimum atomic E-state index is -0.664. The van der Waals surface area contributed by atoms with Crippen molar-refractivity contribution in [1.82, 2.24) is 0 Å². The molecule has 5 nitrogen and oxygen atoms in total. The molecule has 148 valence electrons. The number of aryl methyl sites for hydroxylation is 1. The monoisotopic (exact) mass is 401 g/mol. The molecule has 0 radical (unpaired) electrons. The third-order valence-electron chi connectivity index (χ3n) is 4.41. The Morgan fingerprint density at radius 3 is 2.40 bits per heavy atom. The van der Waals surface area contributed by atoms with Crippen molar-refractivity contribution in [2.24, 2.45) is 4.99 Å². The largest absolute Gasteiger partial charge is 0.423 e. The van der Waals surface area contributed by atoms with Gasteiger partial charge in [-0.05, 0) is 55.0 Å². The SMILES string of the molecule is Cc1ccc(C(=O)Oc2ccc(/C=C3\N=C(c4ccccc4F)OC3=O)cc2)cc1.